The van der Waals surface area contributed by atoms with Crippen molar-refractivity contribution in [2.75, 3.05) is 5.32 Å². The number of hydrogen-bond donors (Lipinski definition) is 1. The molecule has 0 fully saturated rings. The zero-order valence-corrected chi connectivity index (χ0v) is 19.4. The van der Waals surface area contributed by atoms with E-state index in [0.717, 1.165) is 5.56 Å². The lowest BCUT2D eigenvalue weighted by Gasteiger charge is -2.19. The van der Waals surface area contributed by atoms with Crippen LogP contribution in [-0.2, 0) is 4.74 Å². The number of carbonyl (C=O) groups is 2. The molecule has 3 aromatic rings. The first-order chi connectivity index (χ1) is 14.0. The van der Waals surface area contributed by atoms with Gasteiger partial charge in [0.25, 0.3) is 5.91 Å². The van der Waals surface area contributed by atoms with Crippen LogP contribution in [-0.4, -0.2) is 32.4 Å². The Labute approximate surface area is 187 Å². The lowest BCUT2D eigenvalue weighted by Crippen LogP contribution is -2.27. The van der Waals surface area contributed by atoms with E-state index in [1.54, 1.807) is 52.8 Å². The summed E-state index contributed by atoms with van der Waals surface area (Å²) < 4.78 is 7.21. The summed E-state index contributed by atoms with van der Waals surface area (Å²) >= 11 is 2.03. The molecule has 1 amide bonds. The number of rotatable bonds is 2. The Hall–Kier alpha value is -3.00. The Morgan fingerprint density at radius 1 is 1.23 bits per heavy atom. The van der Waals surface area contributed by atoms with Crippen LogP contribution in [0.5, 0.6) is 0 Å². The lowest BCUT2D eigenvalue weighted by atomic mass is 10.0. The van der Waals surface area contributed by atoms with E-state index in [0.29, 0.717) is 31.4 Å². The number of amides is 1. The third kappa shape index (κ3) is 4.28. The zero-order valence-electron chi connectivity index (χ0n) is 17.2. The van der Waals surface area contributed by atoms with Crippen molar-refractivity contribution >= 4 is 51.2 Å². The van der Waals surface area contributed by atoms with E-state index in [2.05, 4.69) is 21.5 Å². The van der Waals surface area contributed by atoms with Gasteiger partial charge < -0.3 is 10.1 Å². The van der Waals surface area contributed by atoms with Crippen molar-refractivity contribution in [3.05, 3.63) is 50.5 Å². The van der Waals surface area contributed by atoms with Gasteiger partial charge in [0.2, 0.25) is 0 Å². The molecule has 1 N–H and O–H groups in total. The maximum absolute atomic E-state index is 12.7. The summed E-state index contributed by atoms with van der Waals surface area (Å²) in [4.78, 5) is 29.3. The topological polar surface area (TPSA) is 110 Å². The van der Waals surface area contributed by atoms with Crippen molar-refractivity contribution in [2.45, 2.75) is 40.2 Å². The van der Waals surface area contributed by atoms with Gasteiger partial charge in [0.1, 0.15) is 21.1 Å². The van der Waals surface area contributed by atoms with Gasteiger partial charge in [-0.1, -0.05) is 0 Å². The Morgan fingerprint density at radius 2 is 1.93 bits per heavy atom. The second-order valence-corrected chi connectivity index (χ2v) is 8.77. The molecule has 8 nitrogen and oxygen atoms in total. The van der Waals surface area contributed by atoms with Crippen molar-refractivity contribution in [3.8, 4) is 6.07 Å². The Bertz CT molecular complexity index is 1220. The number of anilines is 1. The Balaban J connectivity index is 1.91. The van der Waals surface area contributed by atoms with E-state index in [1.165, 1.54) is 10.9 Å². The summed E-state index contributed by atoms with van der Waals surface area (Å²) in [6.07, 6.45) is 0.828. The monoisotopic (exact) mass is 517 g/mol. The van der Waals surface area contributed by atoms with Gasteiger partial charge in [0.05, 0.1) is 11.1 Å². The van der Waals surface area contributed by atoms with Crippen molar-refractivity contribution in [1.29, 1.82) is 5.26 Å². The standard InChI is InChI=1S/C21H20IN5O3/c1-11-12(2)17(24-10-13(11)9-23)19(28)25-14-6-7-16-15(8-14)18(22)26-27(16)20(29)30-21(3,4)5/h6-8,10H,1-5H3,(H,25,28). The maximum Gasteiger partial charge on any atom is 0.435 e. The second kappa shape index (κ2) is 8.02. The van der Waals surface area contributed by atoms with Gasteiger partial charge in [-0.05, 0) is 86.5 Å². The molecule has 154 valence electrons. The number of aromatic nitrogens is 3. The Kier molecular flexibility index (Phi) is 5.81. The van der Waals surface area contributed by atoms with Crippen LogP contribution in [0.3, 0.4) is 0 Å². The molecule has 0 aliphatic carbocycles. The highest BCUT2D eigenvalue weighted by atomic mass is 127. The number of fused-ring (bicyclic) bond motifs is 1. The molecule has 0 bridgehead atoms. The fourth-order valence-electron chi connectivity index (χ4n) is 2.84. The van der Waals surface area contributed by atoms with E-state index >= 15 is 0 Å². The molecule has 2 heterocycles. The molecule has 0 unspecified atom stereocenters. The van der Waals surface area contributed by atoms with E-state index < -0.39 is 11.7 Å². The molecule has 0 saturated carbocycles. The van der Waals surface area contributed by atoms with Crippen LogP contribution < -0.4 is 5.32 Å². The highest BCUT2D eigenvalue weighted by Gasteiger charge is 2.22. The van der Waals surface area contributed by atoms with Crippen LogP contribution in [0, 0.1) is 28.9 Å². The number of nitriles is 1. The lowest BCUT2D eigenvalue weighted by molar-refractivity contribution is 0.0522. The summed E-state index contributed by atoms with van der Waals surface area (Å²) in [6.45, 7) is 8.91. The van der Waals surface area contributed by atoms with Gasteiger partial charge in [-0.2, -0.15) is 15.0 Å². The van der Waals surface area contributed by atoms with Crippen LogP contribution in [0.25, 0.3) is 10.9 Å². The highest BCUT2D eigenvalue weighted by Crippen LogP contribution is 2.25. The molecule has 3 rings (SSSR count). The molecule has 2 aromatic heterocycles. The summed E-state index contributed by atoms with van der Waals surface area (Å²) in [7, 11) is 0. The highest BCUT2D eigenvalue weighted by molar-refractivity contribution is 14.1. The van der Waals surface area contributed by atoms with Gasteiger partial charge in [0, 0.05) is 17.3 Å². The van der Waals surface area contributed by atoms with Crippen molar-refractivity contribution < 1.29 is 14.3 Å². The second-order valence-electron chi connectivity index (χ2n) is 7.75. The first-order valence-electron chi connectivity index (χ1n) is 9.11. The quantitative estimate of drug-likeness (QED) is 0.500. The van der Waals surface area contributed by atoms with Crippen LogP contribution in [0.4, 0.5) is 10.5 Å². The molecule has 0 aliphatic rings. The number of ether oxygens (including phenoxy) is 1. The van der Waals surface area contributed by atoms with E-state index in [4.69, 9.17) is 10.00 Å². The van der Waals surface area contributed by atoms with Crippen molar-refractivity contribution in [2.24, 2.45) is 0 Å². The van der Waals surface area contributed by atoms with Crippen LogP contribution in [0.2, 0.25) is 0 Å². The van der Waals surface area contributed by atoms with Crippen LogP contribution in [0.15, 0.2) is 24.4 Å². The third-order valence-corrected chi connectivity index (χ3v) is 5.24. The normalized spacial score (nSPS) is 11.2. The van der Waals surface area contributed by atoms with Crippen molar-refractivity contribution in [1.82, 2.24) is 14.8 Å². The minimum Gasteiger partial charge on any atom is -0.442 e. The van der Waals surface area contributed by atoms with Gasteiger partial charge >= 0.3 is 6.09 Å². The average Bonchev–Trinajstić information content (AvgIpc) is 2.99. The number of carbonyl (C=O) groups excluding carboxylic acids is 2. The fraction of sp³-hybridized carbons (Fsp3) is 0.286. The molecule has 0 saturated heterocycles. The van der Waals surface area contributed by atoms with E-state index in [9.17, 15) is 9.59 Å². The molecule has 9 heteroatoms. The van der Waals surface area contributed by atoms with Gasteiger partial charge in [0.15, 0.2) is 0 Å². The van der Waals surface area contributed by atoms with Crippen LogP contribution in [0.1, 0.15) is 48.0 Å². The molecular weight excluding hydrogens is 497 g/mol. The van der Waals surface area contributed by atoms with E-state index in [-0.39, 0.29) is 11.6 Å². The van der Waals surface area contributed by atoms with Crippen molar-refractivity contribution in [3.63, 3.8) is 0 Å². The smallest absolute Gasteiger partial charge is 0.435 e. The number of halogens is 1. The van der Waals surface area contributed by atoms with Gasteiger partial charge in [-0.15, -0.1) is 0 Å². The number of pyridine rings is 1. The molecular formula is C21H20IN5O3. The summed E-state index contributed by atoms with van der Waals surface area (Å²) in [5.74, 6) is -0.381. The fourth-order valence-corrected chi connectivity index (χ4v) is 3.49. The predicted octanol–water partition coefficient (Wildman–Crippen LogP) is 4.56. The minimum atomic E-state index is -0.640. The number of nitrogens with zero attached hydrogens (tertiary/aromatic N) is 4. The average molecular weight is 517 g/mol. The third-order valence-electron chi connectivity index (χ3n) is 4.44. The zero-order chi connectivity index (χ0) is 22.2. The SMILES string of the molecule is Cc1c(C#N)cnc(C(=O)Nc2ccc3c(c2)c(I)nn3C(=O)OC(C)(C)C)c1C. The van der Waals surface area contributed by atoms with Crippen LogP contribution >= 0.6 is 22.6 Å². The minimum absolute atomic E-state index is 0.255. The summed E-state index contributed by atoms with van der Waals surface area (Å²) in [5, 5.41) is 16.9. The predicted molar refractivity (Wildman–Crippen MR) is 120 cm³/mol. The Morgan fingerprint density at radius 3 is 2.57 bits per heavy atom. The molecule has 30 heavy (non-hydrogen) atoms. The molecule has 0 atom stereocenters. The molecule has 0 spiro atoms. The number of hydrogen-bond acceptors (Lipinski definition) is 6. The largest absolute Gasteiger partial charge is 0.442 e. The summed E-state index contributed by atoms with van der Waals surface area (Å²) in [6, 6.07) is 7.19. The molecule has 0 radical (unpaired) electrons. The first kappa shape index (κ1) is 21.7. The first-order valence-corrected chi connectivity index (χ1v) is 10.2. The van der Waals surface area contributed by atoms with Gasteiger partial charge in [-0.25, -0.2) is 9.78 Å². The molecule has 1 aromatic carbocycles. The summed E-state index contributed by atoms with van der Waals surface area (Å²) in [5.41, 5.74) is 2.55. The molecule has 0 aliphatic heterocycles. The number of benzene rings is 1. The maximum atomic E-state index is 12.7. The van der Waals surface area contributed by atoms with Gasteiger partial charge in [-0.3, -0.25) is 4.79 Å². The van der Waals surface area contributed by atoms with E-state index in [1.807, 2.05) is 22.6 Å². The number of nitrogens with one attached hydrogen (secondary N) is 1.